The van der Waals surface area contributed by atoms with Gasteiger partial charge < -0.3 is 25.3 Å². The van der Waals surface area contributed by atoms with Crippen LogP contribution < -0.4 is 15.5 Å². The fourth-order valence-corrected chi connectivity index (χ4v) is 5.33. The summed E-state index contributed by atoms with van der Waals surface area (Å²) in [4.78, 5) is 36.2. The van der Waals surface area contributed by atoms with Gasteiger partial charge in [-0.15, -0.1) is 5.06 Å². The second kappa shape index (κ2) is 12.1. The number of aryl methyl sites for hydroxylation is 3. The third-order valence-electron chi connectivity index (χ3n) is 8.02. The van der Waals surface area contributed by atoms with Crippen molar-refractivity contribution in [3.8, 4) is 0 Å². The van der Waals surface area contributed by atoms with Gasteiger partial charge in [0.1, 0.15) is 5.82 Å². The molecule has 2 aliphatic rings. The van der Waals surface area contributed by atoms with Crippen LogP contribution in [0.25, 0.3) is 0 Å². The zero-order chi connectivity index (χ0) is 30.0. The maximum Gasteiger partial charge on any atom is 0.426 e. The first kappa shape index (κ1) is 29.6. The topological polar surface area (TPSA) is 95.0 Å². The van der Waals surface area contributed by atoms with Crippen molar-refractivity contribution in [1.29, 1.82) is 0 Å². The van der Waals surface area contributed by atoms with Gasteiger partial charge in [0, 0.05) is 50.9 Å². The fourth-order valence-electron chi connectivity index (χ4n) is 5.33. The van der Waals surface area contributed by atoms with Gasteiger partial charge in [0.2, 0.25) is 0 Å². The summed E-state index contributed by atoms with van der Waals surface area (Å²) in [5.41, 5.74) is 6.47. The minimum atomic E-state index is -0.464. The van der Waals surface area contributed by atoms with Gasteiger partial charge in [-0.1, -0.05) is 32.9 Å². The quantitative estimate of drug-likeness (QED) is 0.422. The lowest BCUT2D eigenvalue weighted by atomic mass is 9.92. The van der Waals surface area contributed by atoms with Gasteiger partial charge in [0.25, 0.3) is 5.91 Å². The monoisotopic (exact) mass is 573 g/mol. The molecule has 3 aromatic rings. The van der Waals surface area contributed by atoms with Gasteiger partial charge >= 0.3 is 6.09 Å². The van der Waals surface area contributed by atoms with E-state index in [0.29, 0.717) is 37.2 Å². The van der Waals surface area contributed by atoms with Crippen molar-refractivity contribution in [2.24, 2.45) is 12.5 Å². The van der Waals surface area contributed by atoms with E-state index in [9.17, 15) is 9.59 Å². The average molecular weight is 574 g/mol. The van der Waals surface area contributed by atoms with Gasteiger partial charge in [0.05, 0.1) is 24.1 Å². The first-order chi connectivity index (χ1) is 20.0. The van der Waals surface area contributed by atoms with Crippen molar-refractivity contribution in [2.75, 3.05) is 42.9 Å². The van der Waals surface area contributed by atoms with E-state index in [4.69, 9.17) is 4.84 Å². The number of nitrogens with zero attached hydrogens (tertiary/aromatic N) is 5. The highest BCUT2D eigenvalue weighted by atomic mass is 16.7. The molecule has 0 spiro atoms. The molecule has 0 radical (unpaired) electrons. The number of anilines is 3. The van der Waals surface area contributed by atoms with Crippen LogP contribution in [0.1, 0.15) is 59.8 Å². The smallest absolute Gasteiger partial charge is 0.351 e. The molecule has 1 fully saturated rings. The van der Waals surface area contributed by atoms with Crippen LogP contribution in [0, 0.1) is 19.3 Å². The molecule has 3 heterocycles. The molecule has 224 valence electrons. The van der Waals surface area contributed by atoms with Gasteiger partial charge in [-0.05, 0) is 73.2 Å². The Kier molecular flexibility index (Phi) is 8.56. The van der Waals surface area contributed by atoms with Crippen molar-refractivity contribution in [3.05, 3.63) is 70.4 Å². The number of carbonyl (C=O) groups excluding carboxylic acids is 2. The molecule has 0 saturated carbocycles. The summed E-state index contributed by atoms with van der Waals surface area (Å²) in [5.74, 6) is 0.784. The van der Waals surface area contributed by atoms with Crippen molar-refractivity contribution in [2.45, 2.75) is 54.1 Å². The first-order valence-electron chi connectivity index (χ1n) is 14.7. The minimum absolute atomic E-state index is 0.0935. The number of carbonyl (C=O) groups is 2. The fraction of sp³-hybridized carbons (Fsp3) is 0.469. The molecule has 0 bridgehead atoms. The van der Waals surface area contributed by atoms with Crippen molar-refractivity contribution in [3.63, 3.8) is 0 Å². The summed E-state index contributed by atoms with van der Waals surface area (Å²) in [6.07, 6.45) is 2.48. The van der Waals surface area contributed by atoms with Crippen LogP contribution in [0.4, 0.5) is 22.0 Å². The Labute approximate surface area is 248 Å². The van der Waals surface area contributed by atoms with E-state index in [2.05, 4.69) is 41.4 Å². The van der Waals surface area contributed by atoms with E-state index in [0.717, 1.165) is 65.5 Å². The Hall–Kier alpha value is -3.89. The highest BCUT2D eigenvalue weighted by molar-refractivity contribution is 6.08. The number of hydrogen-bond acceptors (Lipinski definition) is 7. The summed E-state index contributed by atoms with van der Waals surface area (Å²) in [6, 6.07) is 11.7. The molecule has 10 nitrogen and oxygen atoms in total. The second-order valence-corrected chi connectivity index (χ2v) is 12.6. The van der Waals surface area contributed by atoms with Gasteiger partial charge in [-0.25, -0.2) is 4.79 Å². The molecule has 2 amide bonds. The number of hydroxylamine groups is 2. The number of amides is 2. The van der Waals surface area contributed by atoms with Crippen LogP contribution in [-0.4, -0.2) is 64.5 Å². The van der Waals surface area contributed by atoms with Crippen LogP contribution in [0.15, 0.2) is 42.6 Å². The Morgan fingerprint density at radius 3 is 2.52 bits per heavy atom. The van der Waals surface area contributed by atoms with Gasteiger partial charge in [-0.2, -0.15) is 5.10 Å². The zero-order valence-electron chi connectivity index (χ0n) is 25.7. The normalized spacial score (nSPS) is 15.8. The summed E-state index contributed by atoms with van der Waals surface area (Å²) in [6.45, 7) is 15.7. The van der Waals surface area contributed by atoms with E-state index in [1.54, 1.807) is 20.8 Å². The highest BCUT2D eigenvalue weighted by Gasteiger charge is 2.27. The summed E-state index contributed by atoms with van der Waals surface area (Å²) < 4.78 is 1.79. The number of piperazine rings is 1. The predicted molar refractivity (Wildman–Crippen MR) is 165 cm³/mol. The zero-order valence-corrected chi connectivity index (χ0v) is 25.7. The molecule has 0 atom stereocenters. The Bertz CT molecular complexity index is 1450. The summed E-state index contributed by atoms with van der Waals surface area (Å²) in [7, 11) is 1.89. The number of rotatable bonds is 6. The molecule has 2 aromatic carbocycles. The van der Waals surface area contributed by atoms with Crippen molar-refractivity contribution >= 4 is 29.2 Å². The lowest BCUT2D eigenvalue weighted by Crippen LogP contribution is -2.48. The van der Waals surface area contributed by atoms with Crippen LogP contribution in [0.5, 0.6) is 0 Å². The summed E-state index contributed by atoms with van der Waals surface area (Å²) in [5, 5.41) is 12.4. The molecule has 5 rings (SSSR count). The molecule has 1 aromatic heterocycles. The number of aromatic nitrogens is 2. The Morgan fingerprint density at radius 1 is 1.05 bits per heavy atom. The predicted octanol–water partition coefficient (Wildman–Crippen LogP) is 5.14. The van der Waals surface area contributed by atoms with Crippen molar-refractivity contribution < 1.29 is 14.4 Å². The van der Waals surface area contributed by atoms with E-state index < -0.39 is 6.09 Å². The van der Waals surface area contributed by atoms with Crippen LogP contribution in [0.3, 0.4) is 0 Å². The Morgan fingerprint density at radius 2 is 1.81 bits per heavy atom. The third kappa shape index (κ3) is 6.94. The maximum atomic E-state index is 13.9. The number of benzene rings is 2. The molecular weight excluding hydrogens is 530 g/mol. The SMILES string of the molecule is Cc1ccc2c(c1)N(C(=O)c1ccc(CNC(=O)ON3CCN(CCC(C)(C)C)CC3)c(C)c1)Cc1cnn(C)c1N2. The van der Waals surface area contributed by atoms with E-state index >= 15 is 0 Å². The maximum absolute atomic E-state index is 13.9. The first-order valence-corrected chi connectivity index (χ1v) is 14.7. The number of fused-ring (bicyclic) bond motifs is 2. The van der Waals surface area contributed by atoms with Gasteiger partial charge in [-0.3, -0.25) is 9.48 Å². The molecule has 0 aliphatic carbocycles. The molecule has 42 heavy (non-hydrogen) atoms. The van der Waals surface area contributed by atoms with E-state index in [1.807, 2.05) is 57.3 Å². The molecule has 1 saturated heterocycles. The number of nitrogens with one attached hydrogen (secondary N) is 2. The molecule has 0 unspecified atom stereocenters. The van der Waals surface area contributed by atoms with Crippen LogP contribution in [0.2, 0.25) is 0 Å². The lowest BCUT2D eigenvalue weighted by molar-refractivity contribution is -0.123. The molecule has 10 heteroatoms. The molecular formula is C32H43N7O3. The Balaban J connectivity index is 1.19. The highest BCUT2D eigenvalue weighted by Crippen LogP contribution is 2.37. The lowest BCUT2D eigenvalue weighted by Gasteiger charge is -2.34. The van der Waals surface area contributed by atoms with Crippen LogP contribution >= 0.6 is 0 Å². The average Bonchev–Trinajstić information content (AvgIpc) is 3.19. The molecule has 2 aliphatic heterocycles. The van der Waals surface area contributed by atoms with Crippen molar-refractivity contribution in [1.82, 2.24) is 25.1 Å². The van der Waals surface area contributed by atoms with E-state index in [-0.39, 0.29) is 5.91 Å². The minimum Gasteiger partial charge on any atom is -0.351 e. The van der Waals surface area contributed by atoms with Gasteiger partial charge in [0.15, 0.2) is 0 Å². The third-order valence-corrected chi connectivity index (χ3v) is 8.02. The summed E-state index contributed by atoms with van der Waals surface area (Å²) >= 11 is 0. The second-order valence-electron chi connectivity index (χ2n) is 12.6. The number of hydrogen-bond donors (Lipinski definition) is 2. The van der Waals surface area contributed by atoms with Crippen LogP contribution in [-0.2, 0) is 25.0 Å². The standard InChI is InChI=1S/C32H43N7O3/c1-22-7-10-27-28(17-22)39(21-26-20-34-36(6)29(26)35-27)30(40)24-8-9-25(23(2)18-24)19-33-31(41)42-38-15-13-37(14-16-38)12-11-32(3,4)5/h7-10,17-18,20,35H,11-16,19,21H2,1-6H3,(H,33,41). The van der Waals surface area contributed by atoms with E-state index in [1.165, 1.54) is 0 Å². The largest absolute Gasteiger partial charge is 0.426 e. The molecule has 2 N–H and O–H groups in total.